The predicted molar refractivity (Wildman–Crippen MR) is 115 cm³/mol. The van der Waals surface area contributed by atoms with Crippen molar-refractivity contribution in [2.45, 2.75) is 51.9 Å². The minimum Gasteiger partial charge on any atom is -0.491 e. The first kappa shape index (κ1) is 23.2. The minimum atomic E-state index is -0.727. The maximum Gasteiger partial charge on any atom is 0.119 e. The van der Waals surface area contributed by atoms with E-state index >= 15 is 0 Å². The number of aliphatic hydroxyl groups excluding tert-OH is 2. The van der Waals surface area contributed by atoms with Gasteiger partial charge < -0.3 is 19.7 Å². The third-order valence-electron chi connectivity index (χ3n) is 5.06. The highest BCUT2D eigenvalue weighted by Gasteiger charge is 2.26. The number of hydrazine groups is 1. The smallest absolute Gasteiger partial charge is 0.119 e. The zero-order valence-electron chi connectivity index (χ0n) is 17.8. The van der Waals surface area contributed by atoms with E-state index in [1.165, 1.54) is 5.56 Å². The van der Waals surface area contributed by atoms with Gasteiger partial charge in [0.05, 0.1) is 11.6 Å². The van der Waals surface area contributed by atoms with Crippen LogP contribution in [0.15, 0.2) is 48.5 Å². The summed E-state index contributed by atoms with van der Waals surface area (Å²) < 4.78 is 11.3. The first-order valence-corrected chi connectivity index (χ1v) is 9.98. The fraction of sp³-hybridized carbons (Fsp3) is 0.478. The molecule has 0 aliphatic carbocycles. The molecule has 0 saturated carbocycles. The number of rotatable bonds is 11. The van der Waals surface area contributed by atoms with Crippen molar-refractivity contribution in [2.75, 3.05) is 13.2 Å². The molecule has 0 fully saturated rings. The first-order valence-electron chi connectivity index (χ1n) is 9.98. The Morgan fingerprint density at radius 3 is 1.72 bits per heavy atom. The Morgan fingerprint density at radius 1 is 0.862 bits per heavy atom. The molecule has 5 N–H and O–H groups in total. The second-order valence-corrected chi connectivity index (χ2v) is 8.28. The molecule has 0 bridgehead atoms. The molecule has 6 heteroatoms. The van der Waals surface area contributed by atoms with E-state index < -0.39 is 17.7 Å². The van der Waals surface area contributed by atoms with E-state index in [0.29, 0.717) is 12.4 Å². The lowest BCUT2D eigenvalue weighted by Crippen LogP contribution is -2.54. The van der Waals surface area contributed by atoms with Gasteiger partial charge in [0.2, 0.25) is 0 Å². The van der Waals surface area contributed by atoms with E-state index in [9.17, 15) is 10.2 Å². The maximum absolute atomic E-state index is 10.1. The molecule has 6 nitrogen and oxygen atoms in total. The average molecular weight is 403 g/mol. The van der Waals surface area contributed by atoms with Crippen LogP contribution in [0.3, 0.4) is 0 Å². The molecule has 0 saturated heterocycles. The summed E-state index contributed by atoms with van der Waals surface area (Å²) in [6.07, 6.45) is -0.397. The van der Waals surface area contributed by atoms with Crippen molar-refractivity contribution in [3.8, 4) is 11.5 Å². The number of hydrogen-bond acceptors (Lipinski definition) is 6. The minimum absolute atomic E-state index is 0.156. The zero-order chi connectivity index (χ0) is 21.4. The van der Waals surface area contributed by atoms with Gasteiger partial charge >= 0.3 is 0 Å². The molecule has 0 amide bonds. The highest BCUT2D eigenvalue weighted by Crippen LogP contribution is 2.19. The van der Waals surface area contributed by atoms with Gasteiger partial charge in [0.25, 0.3) is 0 Å². The van der Waals surface area contributed by atoms with Crippen LogP contribution in [-0.4, -0.2) is 41.2 Å². The van der Waals surface area contributed by atoms with Crippen LogP contribution in [0, 0.1) is 5.92 Å². The van der Waals surface area contributed by atoms with Crippen molar-refractivity contribution in [2.24, 2.45) is 11.8 Å². The predicted octanol–water partition coefficient (Wildman–Crippen LogP) is 2.65. The van der Waals surface area contributed by atoms with Crippen molar-refractivity contribution >= 4 is 0 Å². The second-order valence-electron chi connectivity index (χ2n) is 8.28. The van der Waals surface area contributed by atoms with E-state index in [0.717, 1.165) is 17.7 Å². The van der Waals surface area contributed by atoms with Gasteiger partial charge in [0, 0.05) is 0 Å². The third-order valence-corrected chi connectivity index (χ3v) is 5.06. The summed E-state index contributed by atoms with van der Waals surface area (Å²) in [6, 6.07) is 15.7. The summed E-state index contributed by atoms with van der Waals surface area (Å²) in [5.41, 5.74) is 4.29. The molecule has 2 aromatic carbocycles. The monoisotopic (exact) mass is 402 g/mol. The van der Waals surface area contributed by atoms with Gasteiger partial charge in [-0.05, 0) is 61.6 Å². The number of benzene rings is 2. The standard InChI is InChI=1S/C23H34N2O4/c1-16(2)21(26)14-28-19-9-5-17(6-10-19)13-18-7-11-20(12-8-18)29-15-22(27)23(3,4)25-24/h5-12,16,21-22,25-27H,13-15,24H2,1-4H3. The number of nitrogens with one attached hydrogen (secondary N) is 1. The highest BCUT2D eigenvalue weighted by molar-refractivity contribution is 5.34. The van der Waals surface area contributed by atoms with Gasteiger partial charge in [0.15, 0.2) is 0 Å². The van der Waals surface area contributed by atoms with Crippen LogP contribution in [0.2, 0.25) is 0 Å². The Labute approximate surface area is 173 Å². The molecule has 0 aromatic heterocycles. The summed E-state index contributed by atoms with van der Waals surface area (Å²) in [5.74, 6) is 7.07. The van der Waals surface area contributed by atoms with E-state index in [1.807, 2.05) is 76.2 Å². The summed E-state index contributed by atoms with van der Waals surface area (Å²) >= 11 is 0. The van der Waals surface area contributed by atoms with Gasteiger partial charge in [-0.25, -0.2) is 0 Å². The summed E-state index contributed by atoms with van der Waals surface area (Å²) in [7, 11) is 0. The third kappa shape index (κ3) is 7.33. The molecule has 0 aliphatic rings. The van der Waals surface area contributed by atoms with E-state index in [2.05, 4.69) is 5.43 Å². The molecule has 2 aromatic rings. The number of ether oxygens (including phenoxy) is 2. The molecule has 0 heterocycles. The van der Waals surface area contributed by atoms with E-state index in [-0.39, 0.29) is 12.5 Å². The van der Waals surface area contributed by atoms with Gasteiger partial charge in [-0.3, -0.25) is 11.3 Å². The van der Waals surface area contributed by atoms with Crippen molar-refractivity contribution in [3.63, 3.8) is 0 Å². The first-order chi connectivity index (χ1) is 13.7. The van der Waals surface area contributed by atoms with Crippen molar-refractivity contribution in [3.05, 3.63) is 59.7 Å². The Morgan fingerprint density at radius 2 is 1.31 bits per heavy atom. The number of nitrogens with two attached hydrogens (primary N) is 1. The lowest BCUT2D eigenvalue weighted by molar-refractivity contribution is 0.0374. The molecule has 2 unspecified atom stereocenters. The molecular weight excluding hydrogens is 368 g/mol. The molecule has 2 rings (SSSR count). The van der Waals surface area contributed by atoms with Crippen LogP contribution in [0.5, 0.6) is 11.5 Å². The normalized spacial score (nSPS) is 13.9. The quantitative estimate of drug-likeness (QED) is 0.341. The Kier molecular flexibility index (Phi) is 8.46. The Balaban J connectivity index is 1.85. The second kappa shape index (κ2) is 10.6. The fourth-order valence-electron chi connectivity index (χ4n) is 2.50. The molecule has 2 atom stereocenters. The summed E-state index contributed by atoms with van der Waals surface area (Å²) in [6.45, 7) is 8.01. The van der Waals surface area contributed by atoms with E-state index in [1.54, 1.807) is 0 Å². The van der Waals surface area contributed by atoms with Crippen LogP contribution in [0.1, 0.15) is 38.8 Å². The van der Waals surface area contributed by atoms with Crippen molar-refractivity contribution in [1.82, 2.24) is 5.43 Å². The zero-order valence-corrected chi connectivity index (χ0v) is 17.8. The van der Waals surface area contributed by atoms with Gasteiger partial charge in [-0.1, -0.05) is 38.1 Å². The average Bonchev–Trinajstić information content (AvgIpc) is 2.72. The Hall–Kier alpha value is -2.12. The molecule has 29 heavy (non-hydrogen) atoms. The van der Waals surface area contributed by atoms with Gasteiger partial charge in [-0.2, -0.15) is 0 Å². The number of hydrogen-bond donors (Lipinski definition) is 4. The molecule has 0 radical (unpaired) electrons. The highest BCUT2D eigenvalue weighted by atomic mass is 16.5. The summed E-state index contributed by atoms with van der Waals surface area (Å²) in [5, 5.41) is 19.9. The van der Waals surface area contributed by atoms with E-state index in [4.69, 9.17) is 15.3 Å². The van der Waals surface area contributed by atoms with Crippen molar-refractivity contribution in [1.29, 1.82) is 0 Å². The number of aliphatic hydroxyl groups is 2. The largest absolute Gasteiger partial charge is 0.491 e. The van der Waals surface area contributed by atoms with Gasteiger partial charge in [0.1, 0.15) is 30.8 Å². The lowest BCUT2D eigenvalue weighted by Gasteiger charge is -2.29. The Bertz CT molecular complexity index is 730. The van der Waals surface area contributed by atoms with Crippen LogP contribution in [0.25, 0.3) is 0 Å². The summed E-state index contributed by atoms with van der Waals surface area (Å²) in [4.78, 5) is 0. The SMILES string of the molecule is CC(C)C(O)COc1ccc(Cc2ccc(OCC(O)C(C)(C)NN)cc2)cc1. The molecule has 160 valence electrons. The van der Waals surface area contributed by atoms with Crippen molar-refractivity contribution < 1.29 is 19.7 Å². The maximum atomic E-state index is 10.1. The fourth-order valence-corrected chi connectivity index (χ4v) is 2.50. The van der Waals surface area contributed by atoms with Crippen LogP contribution in [0.4, 0.5) is 0 Å². The molecular formula is C23H34N2O4. The van der Waals surface area contributed by atoms with Crippen LogP contribution in [-0.2, 0) is 6.42 Å². The van der Waals surface area contributed by atoms with Gasteiger partial charge in [-0.15, -0.1) is 0 Å². The van der Waals surface area contributed by atoms with Crippen LogP contribution >= 0.6 is 0 Å². The molecule has 0 spiro atoms. The molecule has 0 aliphatic heterocycles. The lowest BCUT2D eigenvalue weighted by atomic mass is 9.99. The van der Waals surface area contributed by atoms with Crippen LogP contribution < -0.4 is 20.7 Å². The topological polar surface area (TPSA) is 97.0 Å².